The van der Waals surface area contributed by atoms with E-state index in [1.165, 1.54) is 11.1 Å². The predicted molar refractivity (Wildman–Crippen MR) is 53.0 cm³/mol. The molecule has 3 heteroatoms. The smallest absolute Gasteiger partial charge is 0.252 e. The van der Waals surface area contributed by atoms with Crippen LogP contribution in [-0.4, -0.2) is 12.5 Å². The molecule has 0 saturated carbocycles. The van der Waals surface area contributed by atoms with Gasteiger partial charge in [0.05, 0.1) is 0 Å². The van der Waals surface area contributed by atoms with Crippen molar-refractivity contribution in [3.8, 4) is 0 Å². The van der Waals surface area contributed by atoms with Gasteiger partial charge in [-0.2, -0.15) is 0 Å². The molecule has 2 aliphatic heterocycles. The van der Waals surface area contributed by atoms with Crippen LogP contribution in [0.25, 0.3) is 0 Å². The predicted octanol–water partition coefficient (Wildman–Crippen LogP) is 0.576. The fraction of sp³-hybridized carbons (Fsp3) is 0.364. The van der Waals surface area contributed by atoms with Gasteiger partial charge in [0.25, 0.3) is 5.91 Å². The second-order valence-corrected chi connectivity index (χ2v) is 3.85. The Bertz CT molecular complexity index is 412. The number of hydrogen-bond donors (Lipinski definition) is 2. The average molecular weight is 188 g/mol. The summed E-state index contributed by atoms with van der Waals surface area (Å²) in [5.41, 5.74) is 4.66. The van der Waals surface area contributed by atoms with Crippen molar-refractivity contribution in [2.45, 2.75) is 19.5 Å². The molecule has 0 fully saturated rings. The average Bonchev–Trinajstić information content (AvgIpc) is 2.61. The van der Waals surface area contributed by atoms with E-state index >= 15 is 0 Å². The van der Waals surface area contributed by atoms with E-state index in [1.54, 1.807) is 0 Å². The summed E-state index contributed by atoms with van der Waals surface area (Å²) in [4.78, 5) is 11.6. The van der Waals surface area contributed by atoms with Gasteiger partial charge < -0.3 is 10.6 Å². The number of amides is 1. The van der Waals surface area contributed by atoms with E-state index in [1.807, 2.05) is 0 Å². The lowest BCUT2D eigenvalue weighted by molar-refractivity contribution is 0.0964. The van der Waals surface area contributed by atoms with Gasteiger partial charge in [0.1, 0.15) is 0 Å². The minimum atomic E-state index is 0.110. The Morgan fingerprint density at radius 3 is 2.93 bits per heavy atom. The minimum absolute atomic E-state index is 0.110. The lowest BCUT2D eigenvalue weighted by Gasteiger charge is -2.18. The summed E-state index contributed by atoms with van der Waals surface area (Å²) in [7, 11) is 0. The highest BCUT2D eigenvalue weighted by Gasteiger charge is 2.25. The highest BCUT2D eigenvalue weighted by Crippen LogP contribution is 2.25. The third kappa shape index (κ3) is 0.990. The van der Waals surface area contributed by atoms with Gasteiger partial charge in [-0.15, -0.1) is 0 Å². The number of hydrogen-bond acceptors (Lipinski definition) is 2. The van der Waals surface area contributed by atoms with Crippen LogP contribution in [0.2, 0.25) is 0 Å². The molecule has 0 aromatic heterocycles. The molecule has 3 nitrogen and oxygen atoms in total. The van der Waals surface area contributed by atoms with Crippen LogP contribution in [0.4, 0.5) is 0 Å². The Hall–Kier alpha value is -1.35. The summed E-state index contributed by atoms with van der Waals surface area (Å²) in [6, 6.07) is 4.21. The number of carbonyl (C=O) groups is 1. The Kier molecular flexibility index (Phi) is 1.61. The number of fused-ring (bicyclic) bond motifs is 3. The highest BCUT2D eigenvalue weighted by molar-refractivity contribution is 6.00. The number of rotatable bonds is 0. The lowest BCUT2D eigenvalue weighted by atomic mass is 9.93. The molecule has 1 aromatic carbocycles. The van der Waals surface area contributed by atoms with Crippen LogP contribution < -0.4 is 10.6 Å². The molecule has 2 heterocycles. The first-order valence-corrected chi connectivity index (χ1v) is 4.99. The van der Waals surface area contributed by atoms with Crippen LogP contribution in [0.5, 0.6) is 0 Å². The second-order valence-electron chi connectivity index (χ2n) is 3.85. The molecule has 2 N–H and O–H groups in total. The summed E-state index contributed by atoms with van der Waals surface area (Å²) < 4.78 is 0. The van der Waals surface area contributed by atoms with E-state index in [2.05, 4.69) is 22.8 Å². The number of carbonyl (C=O) groups excluding carboxylic acids is 1. The molecule has 2 aliphatic rings. The van der Waals surface area contributed by atoms with Crippen LogP contribution in [0.15, 0.2) is 12.1 Å². The largest absolute Gasteiger partial charge is 0.348 e. The third-order valence-corrected chi connectivity index (χ3v) is 3.03. The van der Waals surface area contributed by atoms with Gasteiger partial charge in [-0.25, -0.2) is 0 Å². The maximum Gasteiger partial charge on any atom is 0.252 e. The Morgan fingerprint density at radius 1 is 1.14 bits per heavy atom. The van der Waals surface area contributed by atoms with E-state index in [-0.39, 0.29) is 5.91 Å². The molecule has 0 aliphatic carbocycles. The van der Waals surface area contributed by atoms with Crippen LogP contribution in [0, 0.1) is 0 Å². The second kappa shape index (κ2) is 2.82. The molecule has 0 spiro atoms. The molecule has 0 bridgehead atoms. The highest BCUT2D eigenvalue weighted by atomic mass is 16.1. The molecule has 0 unspecified atom stereocenters. The SMILES string of the molecule is O=C1NCc2ccc3c(c21)CCNC3. The Morgan fingerprint density at radius 2 is 2.00 bits per heavy atom. The van der Waals surface area contributed by atoms with Crippen molar-refractivity contribution >= 4 is 5.91 Å². The topological polar surface area (TPSA) is 41.1 Å². The fourth-order valence-corrected chi connectivity index (χ4v) is 2.32. The monoisotopic (exact) mass is 188 g/mol. The maximum atomic E-state index is 11.6. The van der Waals surface area contributed by atoms with Crippen LogP contribution >= 0.6 is 0 Å². The van der Waals surface area contributed by atoms with Gasteiger partial charge in [-0.05, 0) is 29.7 Å². The Balaban J connectivity index is 2.23. The van der Waals surface area contributed by atoms with Gasteiger partial charge in [-0.1, -0.05) is 12.1 Å². The molecule has 72 valence electrons. The molecule has 0 atom stereocenters. The van der Waals surface area contributed by atoms with E-state index in [4.69, 9.17) is 0 Å². The maximum absolute atomic E-state index is 11.6. The summed E-state index contributed by atoms with van der Waals surface area (Å²) >= 11 is 0. The van der Waals surface area contributed by atoms with Crippen LogP contribution in [-0.2, 0) is 19.5 Å². The molecule has 3 rings (SSSR count). The zero-order valence-electron chi connectivity index (χ0n) is 7.89. The van der Waals surface area contributed by atoms with Gasteiger partial charge in [-0.3, -0.25) is 4.79 Å². The van der Waals surface area contributed by atoms with Crippen LogP contribution in [0.1, 0.15) is 27.0 Å². The van der Waals surface area contributed by atoms with Crippen molar-refractivity contribution in [2.24, 2.45) is 0 Å². The van der Waals surface area contributed by atoms with E-state index in [0.29, 0.717) is 6.54 Å². The van der Waals surface area contributed by atoms with Crippen molar-refractivity contribution in [2.75, 3.05) is 6.54 Å². The van der Waals surface area contributed by atoms with Crippen molar-refractivity contribution in [1.82, 2.24) is 10.6 Å². The molecule has 0 saturated heterocycles. The molecule has 1 aromatic rings. The lowest BCUT2D eigenvalue weighted by Crippen LogP contribution is -2.26. The van der Waals surface area contributed by atoms with Gasteiger partial charge in [0.15, 0.2) is 0 Å². The number of benzene rings is 1. The van der Waals surface area contributed by atoms with Crippen molar-refractivity contribution in [3.05, 3.63) is 34.4 Å². The minimum Gasteiger partial charge on any atom is -0.348 e. The zero-order valence-corrected chi connectivity index (χ0v) is 7.89. The third-order valence-electron chi connectivity index (χ3n) is 3.03. The van der Waals surface area contributed by atoms with Gasteiger partial charge in [0, 0.05) is 18.7 Å². The van der Waals surface area contributed by atoms with E-state index in [9.17, 15) is 4.79 Å². The normalized spacial score (nSPS) is 18.7. The molecule has 14 heavy (non-hydrogen) atoms. The summed E-state index contributed by atoms with van der Waals surface area (Å²) in [6.07, 6.45) is 0.978. The van der Waals surface area contributed by atoms with Crippen molar-refractivity contribution < 1.29 is 4.79 Å². The standard InChI is InChI=1S/C11H12N2O/c14-11-10-8(6-13-11)2-1-7-5-12-4-3-9(7)10/h1-2,12H,3-6H2,(H,13,14). The first-order valence-electron chi connectivity index (χ1n) is 4.99. The quantitative estimate of drug-likeness (QED) is 0.625. The molecular weight excluding hydrogens is 176 g/mol. The number of nitrogens with one attached hydrogen (secondary N) is 2. The van der Waals surface area contributed by atoms with Crippen molar-refractivity contribution in [1.29, 1.82) is 0 Å². The van der Waals surface area contributed by atoms with E-state index in [0.717, 1.165) is 30.6 Å². The molecule has 0 radical (unpaired) electrons. The van der Waals surface area contributed by atoms with Crippen molar-refractivity contribution in [3.63, 3.8) is 0 Å². The fourth-order valence-electron chi connectivity index (χ4n) is 2.32. The summed E-state index contributed by atoms with van der Waals surface area (Å²) in [5, 5.41) is 6.19. The van der Waals surface area contributed by atoms with E-state index < -0.39 is 0 Å². The van der Waals surface area contributed by atoms with Gasteiger partial charge in [0.2, 0.25) is 0 Å². The van der Waals surface area contributed by atoms with Crippen LogP contribution in [0.3, 0.4) is 0 Å². The molecule has 1 amide bonds. The summed E-state index contributed by atoms with van der Waals surface area (Å²) in [6.45, 7) is 2.58. The first kappa shape index (κ1) is 8.00. The summed E-state index contributed by atoms with van der Waals surface area (Å²) in [5.74, 6) is 0.110. The van der Waals surface area contributed by atoms with Gasteiger partial charge >= 0.3 is 0 Å². The molecular formula is C11H12N2O. The first-order chi connectivity index (χ1) is 6.86. The zero-order chi connectivity index (χ0) is 9.54. The Labute approximate surface area is 82.5 Å².